The molecule has 0 radical (unpaired) electrons. The Bertz CT molecular complexity index is 2370. The van der Waals surface area contributed by atoms with Gasteiger partial charge in [0.2, 0.25) is 5.91 Å². The van der Waals surface area contributed by atoms with E-state index in [2.05, 4.69) is 52.8 Å². The van der Waals surface area contributed by atoms with Crippen LogP contribution in [0.5, 0.6) is 0 Å². The third-order valence-corrected chi connectivity index (χ3v) is 18.5. The fourth-order valence-electron chi connectivity index (χ4n) is 7.68. The summed E-state index contributed by atoms with van der Waals surface area (Å²) < 4.78 is 70.8. The number of rotatable bonds is 27. The molecule has 0 spiro atoms. The van der Waals surface area contributed by atoms with Crippen molar-refractivity contribution >= 4 is 46.8 Å². The Morgan fingerprint density at radius 1 is 0.893 bits per heavy atom. The molecule has 29 heteroatoms. The average molecular weight is 1100 g/mol. The summed E-state index contributed by atoms with van der Waals surface area (Å²) in [5.41, 5.74) is -0.966. The van der Waals surface area contributed by atoms with Crippen LogP contribution in [0.2, 0.25) is 18.1 Å². The Kier molecular flexibility index (Phi) is 23.9. The number of hydrogen-bond donors (Lipinski definition) is 3. The third-order valence-electron chi connectivity index (χ3n) is 11.9. The molecule has 2 aliphatic heterocycles. The molecule has 2 saturated heterocycles. The highest BCUT2D eigenvalue weighted by Crippen LogP contribution is 2.51. The Morgan fingerprint density at radius 3 is 2.15 bits per heavy atom. The number of carbonyl (C=O) groups is 5. The summed E-state index contributed by atoms with van der Waals surface area (Å²) in [6, 6.07) is 2.03. The van der Waals surface area contributed by atoms with Gasteiger partial charge in [0.25, 0.3) is 14.1 Å². The van der Waals surface area contributed by atoms with Crippen LogP contribution in [-0.2, 0) is 83.6 Å². The standard InChI is InChI=1S/C46H74N9O18PSi/c1-27(2)55(28(3)4)74(67-19-14-16-47)72-39-35(70-42(54-17-15-36(60)50-44(54)61)41(39)73-75(12,13)46(9,10)11)26-66-45(62)48-23-33-24-53(52-51-33)18-20-63-21-22-64-43-37(49-29(5)56)40(69-32(8)59)38(68-31(7)58)34(71-43)25-65-30(6)57/h15,17,24,27-28,34-35,37-43H,14,18-23,25-26H2,1-13H3,(H,48,62)(H,49,56)(H,50,60,61)/t34-,35-,37-,38+,39-,40-,41-,42-,43-,74?/m1/s1. The minimum absolute atomic E-state index is 0.0214. The van der Waals surface area contributed by atoms with Crippen LogP contribution in [0.15, 0.2) is 28.0 Å². The first-order chi connectivity index (χ1) is 35.2. The molecule has 2 aromatic rings. The first-order valence-electron chi connectivity index (χ1n) is 24.5. The third kappa shape index (κ3) is 18.8. The maximum absolute atomic E-state index is 13.3. The minimum Gasteiger partial charge on any atom is -0.463 e. The zero-order valence-electron chi connectivity index (χ0n) is 44.9. The zero-order chi connectivity index (χ0) is 55.8. The van der Waals surface area contributed by atoms with Gasteiger partial charge in [-0.05, 0) is 45.8 Å². The number of nitrogens with zero attached hydrogens (tertiary/aromatic N) is 6. The van der Waals surface area contributed by atoms with Crippen molar-refractivity contribution < 1.29 is 75.3 Å². The van der Waals surface area contributed by atoms with Crippen LogP contribution in [0.4, 0.5) is 4.79 Å². The molecule has 2 aliphatic rings. The van der Waals surface area contributed by atoms with Crippen LogP contribution in [0.3, 0.4) is 0 Å². The van der Waals surface area contributed by atoms with Crippen molar-refractivity contribution in [2.24, 2.45) is 0 Å². The van der Waals surface area contributed by atoms with Crippen LogP contribution in [0.1, 0.15) is 94.5 Å². The van der Waals surface area contributed by atoms with E-state index in [1.54, 1.807) is 6.20 Å². The van der Waals surface area contributed by atoms with Gasteiger partial charge in [0, 0.05) is 52.0 Å². The van der Waals surface area contributed by atoms with Crippen molar-refractivity contribution in [3.63, 3.8) is 0 Å². The van der Waals surface area contributed by atoms with Gasteiger partial charge in [0.1, 0.15) is 49.4 Å². The molecular formula is C46H74N9O18PSi. The molecule has 2 amide bonds. The number of carbonyl (C=O) groups excluding carboxylic acids is 5. The molecule has 0 aliphatic carbocycles. The highest BCUT2D eigenvalue weighted by atomic mass is 31.2. The van der Waals surface area contributed by atoms with E-state index in [0.717, 1.165) is 13.8 Å². The predicted molar refractivity (Wildman–Crippen MR) is 266 cm³/mol. The SMILES string of the molecule is CC(=O)N[C@H]1[C@H](OCCOCCn2cc(CNC(=O)OC[C@H]3O[C@@H](n4ccc(=O)[nH]c4=O)[C@H](O[Si](C)(C)C(C)(C)C)[C@@H]3OP(OCCC#N)N(C(C)C)C(C)C)nn2)O[C@H](COC(C)=O)[C@H](OC(C)=O)[C@@H]1OC(C)=O. The number of H-pyrrole nitrogens is 1. The molecule has 2 aromatic heterocycles. The second-order valence-electron chi connectivity index (χ2n) is 19.7. The maximum Gasteiger partial charge on any atom is 0.407 e. The molecule has 75 heavy (non-hydrogen) atoms. The monoisotopic (exact) mass is 1100 g/mol. The number of aromatic nitrogens is 5. The molecule has 1 unspecified atom stereocenters. The summed E-state index contributed by atoms with van der Waals surface area (Å²) in [4.78, 5) is 89.2. The summed E-state index contributed by atoms with van der Waals surface area (Å²) in [6.45, 7) is 22.5. The zero-order valence-corrected chi connectivity index (χ0v) is 46.8. The van der Waals surface area contributed by atoms with Crippen LogP contribution in [0, 0.1) is 11.3 Å². The lowest BCUT2D eigenvalue weighted by atomic mass is 9.96. The van der Waals surface area contributed by atoms with Gasteiger partial charge < -0.3 is 62.0 Å². The maximum atomic E-state index is 13.3. The molecule has 0 saturated carbocycles. The van der Waals surface area contributed by atoms with Crippen LogP contribution >= 0.6 is 8.53 Å². The van der Waals surface area contributed by atoms with E-state index < -0.39 is 113 Å². The number of nitriles is 1. The quantitative estimate of drug-likeness (QED) is 0.0381. The molecule has 27 nitrogen and oxygen atoms in total. The Labute approximate surface area is 437 Å². The fraction of sp³-hybridized carbons (Fsp3) is 0.739. The summed E-state index contributed by atoms with van der Waals surface area (Å²) in [7, 11) is -4.57. The molecule has 0 aromatic carbocycles. The first-order valence-corrected chi connectivity index (χ1v) is 28.6. The number of alkyl carbamates (subject to hydrolysis) is 1. The molecule has 10 atom stereocenters. The van der Waals surface area contributed by atoms with Crippen LogP contribution in [0.25, 0.3) is 0 Å². The molecular weight excluding hydrogens is 1030 g/mol. The average Bonchev–Trinajstić information content (AvgIpc) is 3.89. The Balaban J connectivity index is 1.41. The van der Waals surface area contributed by atoms with E-state index in [9.17, 15) is 38.8 Å². The van der Waals surface area contributed by atoms with Crippen LogP contribution in [-0.4, -0.2) is 168 Å². The molecule has 4 heterocycles. The van der Waals surface area contributed by atoms with E-state index in [0.29, 0.717) is 5.69 Å². The van der Waals surface area contributed by atoms with Crippen molar-refractivity contribution in [1.82, 2.24) is 39.8 Å². The minimum atomic E-state index is -2.68. The molecule has 0 bridgehead atoms. The lowest BCUT2D eigenvalue weighted by molar-refractivity contribution is -0.279. The normalized spacial score (nSPS) is 23.4. The highest BCUT2D eigenvalue weighted by molar-refractivity contribution is 7.44. The van der Waals surface area contributed by atoms with E-state index in [-0.39, 0.29) is 76.3 Å². The summed E-state index contributed by atoms with van der Waals surface area (Å²) >= 11 is 0. The number of nitrogens with one attached hydrogen (secondary N) is 3. The van der Waals surface area contributed by atoms with Gasteiger partial charge >= 0.3 is 29.7 Å². The van der Waals surface area contributed by atoms with Gasteiger partial charge in [0.15, 0.2) is 33.0 Å². The topological polar surface area (TPSA) is 324 Å². The fourth-order valence-corrected chi connectivity index (χ4v) is 10.7. The van der Waals surface area contributed by atoms with Crippen molar-refractivity contribution in [3.05, 3.63) is 45.0 Å². The summed E-state index contributed by atoms with van der Waals surface area (Å²) in [5.74, 6) is -2.64. The highest BCUT2D eigenvalue weighted by Gasteiger charge is 2.54. The molecule has 420 valence electrons. The first kappa shape index (κ1) is 62.3. The van der Waals surface area contributed by atoms with Crippen molar-refractivity contribution in [1.29, 1.82) is 5.26 Å². The van der Waals surface area contributed by atoms with E-state index in [1.165, 1.54) is 35.4 Å². The van der Waals surface area contributed by atoms with E-state index in [1.807, 2.05) is 45.5 Å². The summed E-state index contributed by atoms with van der Waals surface area (Å²) in [6.07, 6.45) is -6.87. The molecule has 3 N–H and O–H groups in total. The van der Waals surface area contributed by atoms with E-state index in [4.69, 9.17) is 51.4 Å². The second-order valence-corrected chi connectivity index (χ2v) is 25.8. The van der Waals surface area contributed by atoms with Gasteiger partial charge in [0.05, 0.1) is 58.2 Å². The van der Waals surface area contributed by atoms with Gasteiger partial charge in [-0.15, -0.1) is 5.10 Å². The Morgan fingerprint density at radius 2 is 1.55 bits per heavy atom. The van der Waals surface area contributed by atoms with Crippen molar-refractivity contribution in [2.75, 3.05) is 39.6 Å². The number of amides is 2. The lowest BCUT2D eigenvalue weighted by Gasteiger charge is -2.44. The van der Waals surface area contributed by atoms with Crippen molar-refractivity contribution in [2.45, 2.75) is 181 Å². The number of ether oxygens (including phenoxy) is 8. The number of esters is 3. The van der Waals surface area contributed by atoms with Crippen LogP contribution < -0.4 is 21.9 Å². The van der Waals surface area contributed by atoms with Gasteiger partial charge in [-0.25, -0.2) is 18.9 Å². The summed E-state index contributed by atoms with van der Waals surface area (Å²) in [5, 5.41) is 22.6. The lowest BCUT2D eigenvalue weighted by Crippen LogP contribution is -2.66. The van der Waals surface area contributed by atoms with Gasteiger partial charge in [-0.2, -0.15) is 5.26 Å². The predicted octanol–water partition coefficient (Wildman–Crippen LogP) is 2.69. The number of hydrogen-bond acceptors (Lipinski definition) is 22. The van der Waals surface area contributed by atoms with Crippen molar-refractivity contribution in [3.8, 4) is 6.07 Å². The largest absolute Gasteiger partial charge is 0.463 e. The van der Waals surface area contributed by atoms with Gasteiger partial charge in [-0.3, -0.25) is 33.5 Å². The second kappa shape index (κ2) is 28.8. The Hall–Kier alpha value is -5.21. The smallest absolute Gasteiger partial charge is 0.407 e. The van der Waals surface area contributed by atoms with E-state index >= 15 is 0 Å². The number of aromatic amines is 1. The molecule has 4 rings (SSSR count). The molecule has 2 fully saturated rings. The van der Waals surface area contributed by atoms with Gasteiger partial charge in [-0.1, -0.05) is 26.0 Å².